The number of oxime groups is 1. The van der Waals surface area contributed by atoms with E-state index >= 15 is 0 Å². The Bertz CT molecular complexity index is 856. The molecule has 2 aromatic rings. The molecule has 0 bridgehead atoms. The van der Waals surface area contributed by atoms with Crippen molar-refractivity contribution in [1.82, 2.24) is 10.4 Å². The number of allylic oxidation sites excluding steroid dienone is 2. The number of nitrogens with zero attached hydrogens (tertiary/aromatic N) is 2. The quantitative estimate of drug-likeness (QED) is 0.415. The van der Waals surface area contributed by atoms with Crippen molar-refractivity contribution < 1.29 is 5.21 Å². The Morgan fingerprint density at radius 3 is 2.58 bits per heavy atom. The van der Waals surface area contributed by atoms with E-state index in [1.54, 1.807) is 0 Å². The topological polar surface area (TPSA) is 47.9 Å². The lowest BCUT2D eigenvalue weighted by molar-refractivity contribution is 0.317. The van der Waals surface area contributed by atoms with E-state index in [0.29, 0.717) is 12.1 Å². The summed E-state index contributed by atoms with van der Waals surface area (Å²) in [6.07, 6.45) is 6.28. The molecule has 0 fully saturated rings. The van der Waals surface area contributed by atoms with Gasteiger partial charge in [-0.2, -0.15) is 0 Å². The summed E-state index contributed by atoms with van der Waals surface area (Å²) in [6, 6.07) is 16.7. The van der Waals surface area contributed by atoms with Crippen molar-refractivity contribution in [2.45, 2.75) is 19.3 Å². The lowest BCUT2D eigenvalue weighted by Gasteiger charge is -2.24. The third-order valence-corrected chi connectivity index (χ3v) is 5.09. The third kappa shape index (κ3) is 4.17. The van der Waals surface area contributed by atoms with E-state index in [1.807, 2.05) is 48.7 Å². The number of halogens is 1. The molecule has 0 saturated heterocycles. The summed E-state index contributed by atoms with van der Waals surface area (Å²) in [5.41, 5.74) is 8.26. The van der Waals surface area contributed by atoms with Crippen molar-refractivity contribution in [2.24, 2.45) is 5.16 Å². The molecule has 0 saturated carbocycles. The minimum Gasteiger partial charge on any atom is -0.411 e. The summed E-state index contributed by atoms with van der Waals surface area (Å²) in [4.78, 5) is 0. The number of hydrogen-bond acceptors (Lipinski definition) is 4. The van der Waals surface area contributed by atoms with Gasteiger partial charge >= 0.3 is 0 Å². The van der Waals surface area contributed by atoms with E-state index in [0.717, 1.165) is 10.0 Å². The van der Waals surface area contributed by atoms with E-state index in [9.17, 15) is 5.21 Å². The fourth-order valence-corrected chi connectivity index (χ4v) is 3.46. The Labute approximate surface area is 162 Å². The molecule has 1 aliphatic rings. The average molecular weight is 412 g/mol. The molecule has 0 aromatic heterocycles. The molecule has 2 aromatic carbocycles. The summed E-state index contributed by atoms with van der Waals surface area (Å²) < 4.78 is 1.05. The summed E-state index contributed by atoms with van der Waals surface area (Å²) in [7, 11) is 1.91. The number of rotatable bonds is 5. The summed E-state index contributed by atoms with van der Waals surface area (Å²) >= 11 is 3.50. The number of hydrogen-bond donors (Lipinski definition) is 2. The Kier molecular flexibility index (Phi) is 5.78. The van der Waals surface area contributed by atoms with Gasteiger partial charge in [-0.05, 0) is 41.8 Å². The van der Waals surface area contributed by atoms with E-state index < -0.39 is 0 Å². The van der Waals surface area contributed by atoms with Crippen molar-refractivity contribution in [2.75, 3.05) is 7.05 Å². The first-order valence-electron chi connectivity index (χ1n) is 8.48. The molecule has 0 unspecified atom stereocenters. The van der Waals surface area contributed by atoms with Gasteiger partial charge in [0.15, 0.2) is 0 Å². The van der Waals surface area contributed by atoms with Crippen LogP contribution in [0.2, 0.25) is 0 Å². The van der Waals surface area contributed by atoms with Crippen LogP contribution < -0.4 is 5.43 Å². The first kappa shape index (κ1) is 18.3. The van der Waals surface area contributed by atoms with Gasteiger partial charge in [-0.15, -0.1) is 0 Å². The Morgan fingerprint density at radius 1 is 1.19 bits per heavy atom. The fourth-order valence-electron chi connectivity index (χ4n) is 3.19. The van der Waals surface area contributed by atoms with Crippen molar-refractivity contribution >= 4 is 21.6 Å². The molecule has 1 aliphatic heterocycles. The van der Waals surface area contributed by atoms with Crippen molar-refractivity contribution in [3.05, 3.63) is 93.7 Å². The third-order valence-electron chi connectivity index (χ3n) is 4.56. The standard InChI is InChI=1S/C21H22BrN3O/c1-15-5-3-4-6-19(15)20(16-7-9-18(22)10-8-16)13-21(24-26)17-11-12-23-25(2)14-17/h3-12,14,20,23,26H,13H2,1-2H3/b24-21+/t20-/m0/s1. The highest BCUT2D eigenvalue weighted by molar-refractivity contribution is 9.10. The maximum Gasteiger partial charge on any atom is 0.0893 e. The van der Waals surface area contributed by atoms with Crippen molar-refractivity contribution in [3.8, 4) is 0 Å². The zero-order chi connectivity index (χ0) is 18.5. The first-order chi connectivity index (χ1) is 12.6. The molecule has 1 heterocycles. The van der Waals surface area contributed by atoms with Gasteiger partial charge in [0.05, 0.1) is 5.71 Å². The van der Waals surface area contributed by atoms with Crippen LogP contribution in [0.15, 0.2) is 82.2 Å². The van der Waals surface area contributed by atoms with Crippen LogP contribution >= 0.6 is 15.9 Å². The maximum absolute atomic E-state index is 9.69. The van der Waals surface area contributed by atoms with Crippen LogP contribution in [0.1, 0.15) is 29.0 Å². The molecule has 1 atom stereocenters. The van der Waals surface area contributed by atoms with E-state index in [-0.39, 0.29) is 5.92 Å². The van der Waals surface area contributed by atoms with Gasteiger partial charge in [0.1, 0.15) is 0 Å². The highest BCUT2D eigenvalue weighted by atomic mass is 79.9. The summed E-state index contributed by atoms with van der Waals surface area (Å²) in [5.74, 6) is 0.102. The van der Waals surface area contributed by atoms with Gasteiger partial charge in [-0.25, -0.2) is 0 Å². The average Bonchev–Trinajstić information content (AvgIpc) is 2.65. The maximum atomic E-state index is 9.69. The molecular formula is C21H22BrN3O. The molecular weight excluding hydrogens is 390 g/mol. The lowest BCUT2D eigenvalue weighted by Crippen LogP contribution is -2.28. The van der Waals surface area contributed by atoms with Gasteiger partial charge in [-0.1, -0.05) is 57.5 Å². The molecule has 134 valence electrons. The minimum absolute atomic E-state index is 0.102. The van der Waals surface area contributed by atoms with Crippen LogP contribution in [0.3, 0.4) is 0 Å². The molecule has 5 heteroatoms. The highest BCUT2D eigenvalue weighted by Gasteiger charge is 2.21. The molecule has 26 heavy (non-hydrogen) atoms. The molecule has 2 N–H and O–H groups in total. The van der Waals surface area contributed by atoms with Gasteiger partial charge in [0.2, 0.25) is 0 Å². The second-order valence-electron chi connectivity index (χ2n) is 6.37. The van der Waals surface area contributed by atoms with E-state index in [1.165, 1.54) is 16.7 Å². The van der Waals surface area contributed by atoms with Crippen LogP contribution in [-0.4, -0.2) is 23.0 Å². The lowest BCUT2D eigenvalue weighted by atomic mass is 9.83. The molecule has 4 nitrogen and oxygen atoms in total. The zero-order valence-corrected chi connectivity index (χ0v) is 16.4. The van der Waals surface area contributed by atoms with Gasteiger partial charge in [-0.3, -0.25) is 5.01 Å². The van der Waals surface area contributed by atoms with Crippen LogP contribution in [0, 0.1) is 6.92 Å². The van der Waals surface area contributed by atoms with Gasteiger partial charge < -0.3 is 10.6 Å². The van der Waals surface area contributed by atoms with Crippen LogP contribution in [0.4, 0.5) is 0 Å². The Balaban J connectivity index is 1.99. The molecule has 0 amide bonds. The summed E-state index contributed by atoms with van der Waals surface area (Å²) in [6.45, 7) is 2.12. The van der Waals surface area contributed by atoms with Crippen molar-refractivity contribution in [3.63, 3.8) is 0 Å². The molecule has 0 spiro atoms. The number of benzene rings is 2. The predicted octanol–water partition coefficient (Wildman–Crippen LogP) is 4.96. The largest absolute Gasteiger partial charge is 0.411 e. The Morgan fingerprint density at radius 2 is 1.92 bits per heavy atom. The molecule has 0 aliphatic carbocycles. The minimum atomic E-state index is 0.102. The number of nitrogens with one attached hydrogen (secondary N) is 1. The highest BCUT2D eigenvalue weighted by Crippen LogP contribution is 2.32. The van der Waals surface area contributed by atoms with E-state index in [4.69, 9.17) is 0 Å². The second kappa shape index (κ2) is 8.23. The SMILES string of the molecule is Cc1ccccc1[C@@H](C/C(=N\O)C1=CN(C)NC=C1)c1ccc(Br)cc1. The predicted molar refractivity (Wildman–Crippen MR) is 109 cm³/mol. The summed E-state index contributed by atoms with van der Waals surface area (Å²) in [5, 5.41) is 15.1. The monoisotopic (exact) mass is 411 g/mol. The zero-order valence-electron chi connectivity index (χ0n) is 14.9. The normalized spacial score (nSPS) is 15.4. The van der Waals surface area contributed by atoms with E-state index in [2.05, 4.69) is 63.8 Å². The number of hydrazine groups is 1. The smallest absolute Gasteiger partial charge is 0.0893 e. The van der Waals surface area contributed by atoms with Crippen LogP contribution in [0.25, 0.3) is 0 Å². The van der Waals surface area contributed by atoms with Crippen LogP contribution in [0.5, 0.6) is 0 Å². The Hall–Kier alpha value is -2.53. The van der Waals surface area contributed by atoms with Crippen LogP contribution in [-0.2, 0) is 0 Å². The first-order valence-corrected chi connectivity index (χ1v) is 9.27. The van der Waals surface area contributed by atoms with Gasteiger partial charge in [0.25, 0.3) is 0 Å². The second-order valence-corrected chi connectivity index (χ2v) is 7.28. The van der Waals surface area contributed by atoms with Gasteiger partial charge in [0, 0.05) is 41.8 Å². The number of aryl methyl sites for hydroxylation is 1. The van der Waals surface area contributed by atoms with Crippen molar-refractivity contribution in [1.29, 1.82) is 0 Å². The fraction of sp³-hybridized carbons (Fsp3) is 0.190. The molecule has 3 rings (SSSR count). The molecule has 0 radical (unpaired) electrons.